The van der Waals surface area contributed by atoms with Gasteiger partial charge in [0.05, 0.1) is 17.7 Å². The van der Waals surface area contributed by atoms with Crippen LogP contribution in [0, 0.1) is 11.5 Å². The van der Waals surface area contributed by atoms with Crippen molar-refractivity contribution < 1.29 is 22.7 Å². The summed E-state index contributed by atoms with van der Waals surface area (Å²) in [5.41, 5.74) is 2.99. The van der Waals surface area contributed by atoms with E-state index in [1.54, 1.807) is 12.1 Å². The molecular weight excluding hydrogens is 407 g/mol. The molecule has 8 heteroatoms. The predicted octanol–water partition coefficient (Wildman–Crippen LogP) is 5.85. The first-order valence-corrected chi connectivity index (χ1v) is 12.2. The lowest BCUT2D eigenvalue weighted by Gasteiger charge is -2.12. The summed E-state index contributed by atoms with van der Waals surface area (Å²) >= 11 is 5.61. The van der Waals surface area contributed by atoms with Crippen molar-refractivity contribution in [2.24, 2.45) is 0 Å². The molecule has 0 saturated carbocycles. The highest BCUT2D eigenvalue weighted by Gasteiger charge is 2.33. The molecule has 148 valence electrons. The minimum Gasteiger partial charge on any atom is -0.497 e. The SMILES string of the molecule is COc1cc(C#C[Si](C)(C)C)cc(C(=O)Nc2ccc(Cl)c(C(F)(F)F)c2)c1. The number of ether oxygens (including phenoxy) is 1. The number of hydrogen-bond acceptors (Lipinski definition) is 2. The number of halogens is 4. The number of carbonyl (C=O) groups excluding carboxylic acids is 1. The Kier molecular flexibility index (Phi) is 6.47. The minimum atomic E-state index is -4.62. The van der Waals surface area contributed by atoms with Crippen LogP contribution in [0.2, 0.25) is 24.7 Å². The lowest BCUT2D eigenvalue weighted by molar-refractivity contribution is -0.137. The van der Waals surface area contributed by atoms with Gasteiger partial charge in [0.1, 0.15) is 13.8 Å². The quantitative estimate of drug-likeness (QED) is 0.495. The number of hydrogen-bond donors (Lipinski definition) is 1. The number of nitrogens with one attached hydrogen (secondary N) is 1. The van der Waals surface area contributed by atoms with Crippen LogP contribution in [0.25, 0.3) is 0 Å². The van der Waals surface area contributed by atoms with Gasteiger partial charge in [-0.25, -0.2) is 0 Å². The molecule has 0 saturated heterocycles. The highest BCUT2D eigenvalue weighted by Crippen LogP contribution is 2.36. The zero-order valence-electron chi connectivity index (χ0n) is 15.8. The highest BCUT2D eigenvalue weighted by atomic mass is 35.5. The first kappa shape index (κ1) is 21.9. The summed E-state index contributed by atoms with van der Waals surface area (Å²) < 4.78 is 44.2. The minimum absolute atomic E-state index is 0.0146. The van der Waals surface area contributed by atoms with Crippen LogP contribution in [0.15, 0.2) is 36.4 Å². The fourth-order valence-corrected chi connectivity index (χ4v) is 2.95. The average Bonchev–Trinajstić information content (AvgIpc) is 2.59. The first-order valence-electron chi connectivity index (χ1n) is 8.29. The van der Waals surface area contributed by atoms with Gasteiger partial charge in [-0.3, -0.25) is 4.79 Å². The van der Waals surface area contributed by atoms with Crippen LogP contribution in [0.3, 0.4) is 0 Å². The third kappa shape index (κ3) is 6.04. The second kappa shape index (κ2) is 8.29. The van der Waals surface area contributed by atoms with E-state index < -0.39 is 30.7 Å². The van der Waals surface area contributed by atoms with Crippen LogP contribution < -0.4 is 10.1 Å². The molecule has 28 heavy (non-hydrogen) atoms. The Morgan fingerprint density at radius 2 is 1.82 bits per heavy atom. The number of methoxy groups -OCH3 is 1. The molecule has 3 nitrogen and oxygen atoms in total. The summed E-state index contributed by atoms with van der Waals surface area (Å²) in [6, 6.07) is 7.97. The van der Waals surface area contributed by atoms with Gasteiger partial charge < -0.3 is 10.1 Å². The van der Waals surface area contributed by atoms with Crippen molar-refractivity contribution in [1.29, 1.82) is 0 Å². The third-order valence-corrected chi connectivity index (χ3v) is 4.72. The van der Waals surface area contributed by atoms with Gasteiger partial charge in [-0.1, -0.05) is 37.2 Å². The van der Waals surface area contributed by atoms with E-state index in [0.717, 1.165) is 12.1 Å². The Morgan fingerprint density at radius 3 is 2.39 bits per heavy atom. The first-order chi connectivity index (χ1) is 12.9. The maximum Gasteiger partial charge on any atom is 0.417 e. The van der Waals surface area contributed by atoms with E-state index >= 15 is 0 Å². The van der Waals surface area contributed by atoms with Gasteiger partial charge in [-0.05, 0) is 36.4 Å². The lowest BCUT2D eigenvalue weighted by atomic mass is 10.1. The van der Waals surface area contributed by atoms with Crippen molar-refractivity contribution in [2.75, 3.05) is 12.4 Å². The Balaban J connectivity index is 2.35. The van der Waals surface area contributed by atoms with E-state index in [-0.39, 0.29) is 11.3 Å². The van der Waals surface area contributed by atoms with Crippen LogP contribution >= 0.6 is 11.6 Å². The summed E-state index contributed by atoms with van der Waals surface area (Å²) in [5, 5.41) is 2.02. The molecule has 2 rings (SSSR count). The van der Waals surface area contributed by atoms with Crippen molar-refractivity contribution in [3.05, 3.63) is 58.1 Å². The molecule has 0 atom stereocenters. The number of anilines is 1. The monoisotopic (exact) mass is 425 g/mol. The largest absolute Gasteiger partial charge is 0.497 e. The van der Waals surface area contributed by atoms with E-state index in [1.807, 2.05) is 0 Å². The maximum atomic E-state index is 13.0. The van der Waals surface area contributed by atoms with Crippen LogP contribution in [0.1, 0.15) is 21.5 Å². The topological polar surface area (TPSA) is 38.3 Å². The van der Waals surface area contributed by atoms with E-state index in [2.05, 4.69) is 36.4 Å². The zero-order valence-corrected chi connectivity index (χ0v) is 17.5. The van der Waals surface area contributed by atoms with Crippen LogP contribution in [-0.2, 0) is 6.18 Å². The maximum absolute atomic E-state index is 13.0. The number of carbonyl (C=O) groups is 1. The molecule has 0 spiro atoms. The van der Waals surface area contributed by atoms with Crippen LogP contribution in [-0.4, -0.2) is 21.1 Å². The number of amides is 1. The second-order valence-electron chi connectivity index (χ2n) is 7.10. The fraction of sp³-hybridized carbons (Fsp3) is 0.250. The fourth-order valence-electron chi connectivity index (χ4n) is 2.20. The van der Waals surface area contributed by atoms with Gasteiger partial charge in [0.15, 0.2) is 0 Å². The Labute approximate surface area is 167 Å². The van der Waals surface area contributed by atoms with Crippen molar-refractivity contribution in [3.8, 4) is 17.2 Å². The molecule has 0 aromatic heterocycles. The molecule has 0 radical (unpaired) electrons. The predicted molar refractivity (Wildman–Crippen MR) is 108 cm³/mol. The molecule has 0 aliphatic heterocycles. The smallest absolute Gasteiger partial charge is 0.417 e. The van der Waals surface area contributed by atoms with Crippen molar-refractivity contribution >= 4 is 31.3 Å². The number of benzene rings is 2. The highest BCUT2D eigenvalue weighted by molar-refractivity contribution is 6.83. The van der Waals surface area contributed by atoms with E-state index in [4.69, 9.17) is 16.3 Å². The Bertz CT molecular complexity index is 957. The van der Waals surface area contributed by atoms with E-state index in [1.165, 1.54) is 19.2 Å². The van der Waals surface area contributed by atoms with Gasteiger partial charge >= 0.3 is 6.18 Å². The molecule has 0 unspecified atom stereocenters. The second-order valence-corrected chi connectivity index (χ2v) is 12.3. The summed E-state index contributed by atoms with van der Waals surface area (Å²) in [6.45, 7) is 6.27. The normalized spacial score (nSPS) is 11.4. The Hall–Kier alpha value is -2.43. The lowest BCUT2D eigenvalue weighted by Crippen LogP contribution is -2.16. The van der Waals surface area contributed by atoms with Gasteiger partial charge in [0, 0.05) is 16.8 Å². The molecule has 0 aliphatic rings. The van der Waals surface area contributed by atoms with Gasteiger partial charge in [-0.2, -0.15) is 13.2 Å². The molecule has 0 aliphatic carbocycles. The van der Waals surface area contributed by atoms with E-state index in [0.29, 0.717) is 11.3 Å². The zero-order chi connectivity index (χ0) is 21.1. The molecular formula is C20H19ClF3NO2Si. The van der Waals surface area contributed by atoms with E-state index in [9.17, 15) is 18.0 Å². The summed E-state index contributed by atoms with van der Waals surface area (Å²) in [5.74, 6) is 2.89. The van der Waals surface area contributed by atoms with Gasteiger partial charge in [-0.15, -0.1) is 5.54 Å². The molecule has 2 aromatic carbocycles. The van der Waals surface area contributed by atoms with Crippen LogP contribution in [0.4, 0.5) is 18.9 Å². The van der Waals surface area contributed by atoms with Crippen molar-refractivity contribution in [2.45, 2.75) is 25.8 Å². The number of rotatable bonds is 3. The third-order valence-electron chi connectivity index (χ3n) is 3.52. The van der Waals surface area contributed by atoms with Crippen molar-refractivity contribution in [1.82, 2.24) is 0 Å². The van der Waals surface area contributed by atoms with Crippen molar-refractivity contribution in [3.63, 3.8) is 0 Å². The summed E-state index contributed by atoms with van der Waals surface area (Å²) in [4.78, 5) is 12.6. The molecule has 1 amide bonds. The molecule has 0 fully saturated rings. The standard InChI is InChI=1S/C20H19ClF3NO2Si/c1-27-16-10-13(7-8-28(2,3)4)9-14(11-16)19(26)25-15-5-6-18(21)17(12-15)20(22,23)24/h5-6,9-12H,1-4H3,(H,25,26). The molecule has 1 N–H and O–H groups in total. The summed E-state index contributed by atoms with van der Waals surface area (Å²) in [7, 11) is -0.164. The van der Waals surface area contributed by atoms with Gasteiger partial charge in [0.2, 0.25) is 0 Å². The van der Waals surface area contributed by atoms with Gasteiger partial charge in [0.25, 0.3) is 5.91 Å². The summed E-state index contributed by atoms with van der Waals surface area (Å²) in [6.07, 6.45) is -4.62. The number of alkyl halides is 3. The van der Waals surface area contributed by atoms with Crippen LogP contribution in [0.5, 0.6) is 5.75 Å². The average molecular weight is 426 g/mol. The molecule has 0 bridgehead atoms. The Morgan fingerprint density at radius 1 is 1.14 bits per heavy atom. The molecule has 2 aromatic rings. The molecule has 0 heterocycles.